The Morgan fingerprint density at radius 1 is 1.18 bits per heavy atom. The first-order chi connectivity index (χ1) is 13.5. The van der Waals surface area contributed by atoms with Crippen molar-refractivity contribution in [3.05, 3.63) is 59.1 Å². The van der Waals surface area contributed by atoms with E-state index < -0.39 is 11.9 Å². The van der Waals surface area contributed by atoms with Gasteiger partial charge in [0.25, 0.3) is 5.91 Å². The lowest BCUT2D eigenvalue weighted by molar-refractivity contribution is 0.0594. The summed E-state index contributed by atoms with van der Waals surface area (Å²) in [5.41, 5.74) is 0.433. The van der Waals surface area contributed by atoms with Crippen LogP contribution in [-0.2, 0) is 18.0 Å². The van der Waals surface area contributed by atoms with Crippen molar-refractivity contribution in [3.8, 4) is 5.75 Å². The molecule has 0 radical (unpaired) electrons. The molecule has 3 aromatic rings. The Morgan fingerprint density at radius 3 is 2.68 bits per heavy atom. The number of rotatable bonds is 7. The Bertz CT molecular complexity index is 998. The minimum Gasteiger partial charge on any atom is -0.470 e. The number of amides is 1. The van der Waals surface area contributed by atoms with Crippen LogP contribution in [0.1, 0.15) is 27.9 Å². The molecule has 0 aliphatic heterocycles. The van der Waals surface area contributed by atoms with E-state index in [2.05, 4.69) is 15.5 Å². The van der Waals surface area contributed by atoms with Crippen molar-refractivity contribution < 1.29 is 19.1 Å². The SMILES string of the molecule is CCn1cc(NC(=O)c2ccn(COc3ccccc3Cl)n2)c(C(=O)OC)n1. The lowest BCUT2D eigenvalue weighted by Gasteiger charge is -2.07. The molecule has 0 bridgehead atoms. The second-order valence-corrected chi connectivity index (χ2v) is 6.04. The van der Waals surface area contributed by atoms with Crippen LogP contribution in [0.2, 0.25) is 5.02 Å². The summed E-state index contributed by atoms with van der Waals surface area (Å²) in [7, 11) is 1.25. The number of benzene rings is 1. The Balaban J connectivity index is 1.68. The minimum absolute atomic E-state index is 0.0270. The van der Waals surface area contributed by atoms with Crippen molar-refractivity contribution in [2.24, 2.45) is 0 Å². The number of halogens is 1. The molecular weight excluding hydrogens is 386 g/mol. The molecule has 0 unspecified atom stereocenters. The number of methoxy groups -OCH3 is 1. The Morgan fingerprint density at radius 2 is 1.96 bits per heavy atom. The van der Waals surface area contributed by atoms with Crippen LogP contribution >= 0.6 is 11.6 Å². The third kappa shape index (κ3) is 4.32. The summed E-state index contributed by atoms with van der Waals surface area (Å²) in [6.45, 7) is 2.48. The average Bonchev–Trinajstić information content (AvgIpc) is 3.34. The maximum absolute atomic E-state index is 12.5. The number of nitrogens with one attached hydrogen (secondary N) is 1. The molecule has 0 saturated carbocycles. The first-order valence-electron chi connectivity index (χ1n) is 8.39. The van der Waals surface area contributed by atoms with Crippen molar-refractivity contribution >= 4 is 29.2 Å². The van der Waals surface area contributed by atoms with Crippen LogP contribution in [-0.4, -0.2) is 38.5 Å². The van der Waals surface area contributed by atoms with Crippen LogP contribution in [0.4, 0.5) is 5.69 Å². The van der Waals surface area contributed by atoms with Gasteiger partial charge < -0.3 is 14.8 Å². The van der Waals surface area contributed by atoms with Gasteiger partial charge in [-0.3, -0.25) is 9.48 Å². The number of hydrogen-bond donors (Lipinski definition) is 1. The largest absolute Gasteiger partial charge is 0.470 e. The van der Waals surface area contributed by atoms with Gasteiger partial charge >= 0.3 is 5.97 Å². The van der Waals surface area contributed by atoms with Crippen molar-refractivity contribution in [1.82, 2.24) is 19.6 Å². The molecule has 1 N–H and O–H groups in total. The number of carbonyl (C=O) groups excluding carboxylic acids is 2. The Hall–Kier alpha value is -3.33. The predicted octanol–water partition coefficient (Wildman–Crippen LogP) is 2.83. The molecule has 0 saturated heterocycles. The fraction of sp³-hybridized carbons (Fsp3) is 0.222. The first-order valence-corrected chi connectivity index (χ1v) is 8.77. The van der Waals surface area contributed by atoms with Gasteiger partial charge in [-0.1, -0.05) is 23.7 Å². The summed E-state index contributed by atoms with van der Waals surface area (Å²) >= 11 is 6.04. The van der Waals surface area contributed by atoms with E-state index in [0.29, 0.717) is 17.3 Å². The van der Waals surface area contributed by atoms with Gasteiger partial charge in [-0.25, -0.2) is 9.48 Å². The highest BCUT2D eigenvalue weighted by molar-refractivity contribution is 6.32. The van der Waals surface area contributed by atoms with Gasteiger partial charge in [0, 0.05) is 18.9 Å². The molecule has 0 atom stereocenters. The molecule has 10 heteroatoms. The number of aryl methyl sites for hydroxylation is 1. The normalized spacial score (nSPS) is 10.5. The van der Waals surface area contributed by atoms with Crippen molar-refractivity contribution in [3.63, 3.8) is 0 Å². The zero-order valence-corrected chi connectivity index (χ0v) is 16.0. The smallest absolute Gasteiger partial charge is 0.360 e. The molecule has 0 spiro atoms. The lowest BCUT2D eigenvalue weighted by atomic mass is 10.3. The van der Waals surface area contributed by atoms with E-state index in [1.54, 1.807) is 36.7 Å². The van der Waals surface area contributed by atoms with E-state index in [4.69, 9.17) is 21.1 Å². The number of aromatic nitrogens is 4. The molecule has 1 amide bonds. The average molecular weight is 404 g/mol. The van der Waals surface area contributed by atoms with Crippen LogP contribution in [0.25, 0.3) is 0 Å². The van der Waals surface area contributed by atoms with Gasteiger partial charge in [-0.2, -0.15) is 10.2 Å². The summed E-state index contributed by atoms with van der Waals surface area (Å²) in [5, 5.41) is 11.4. The van der Waals surface area contributed by atoms with E-state index in [9.17, 15) is 9.59 Å². The monoisotopic (exact) mass is 403 g/mol. The van der Waals surface area contributed by atoms with E-state index in [1.807, 2.05) is 6.92 Å². The lowest BCUT2D eigenvalue weighted by Crippen LogP contribution is -2.16. The number of para-hydroxylation sites is 1. The molecule has 0 fully saturated rings. The van der Waals surface area contributed by atoms with Crippen LogP contribution in [0.5, 0.6) is 5.75 Å². The molecule has 2 aromatic heterocycles. The van der Waals surface area contributed by atoms with E-state index >= 15 is 0 Å². The maximum atomic E-state index is 12.5. The molecule has 0 aliphatic carbocycles. The first kappa shape index (κ1) is 19.4. The van der Waals surface area contributed by atoms with Gasteiger partial charge in [0.05, 0.1) is 17.8 Å². The van der Waals surface area contributed by atoms with E-state index in [-0.39, 0.29) is 23.8 Å². The third-order valence-corrected chi connectivity index (χ3v) is 4.09. The zero-order valence-electron chi connectivity index (χ0n) is 15.3. The van der Waals surface area contributed by atoms with Gasteiger partial charge in [0.15, 0.2) is 18.1 Å². The fourth-order valence-corrected chi connectivity index (χ4v) is 2.55. The predicted molar refractivity (Wildman–Crippen MR) is 102 cm³/mol. The molecule has 28 heavy (non-hydrogen) atoms. The minimum atomic E-state index is -0.638. The summed E-state index contributed by atoms with van der Waals surface area (Å²) in [4.78, 5) is 24.3. The number of nitrogens with zero attached hydrogens (tertiary/aromatic N) is 4. The highest BCUT2D eigenvalue weighted by Gasteiger charge is 2.20. The van der Waals surface area contributed by atoms with E-state index in [0.717, 1.165) is 0 Å². The number of anilines is 1. The Labute approximate surface area is 165 Å². The highest BCUT2D eigenvalue weighted by atomic mass is 35.5. The molecule has 2 heterocycles. The van der Waals surface area contributed by atoms with Gasteiger partial charge in [-0.15, -0.1) is 0 Å². The Kier molecular flexibility index (Phi) is 5.95. The maximum Gasteiger partial charge on any atom is 0.360 e. The van der Waals surface area contributed by atoms with Crippen LogP contribution in [0, 0.1) is 0 Å². The van der Waals surface area contributed by atoms with Crippen LogP contribution in [0.15, 0.2) is 42.7 Å². The highest BCUT2D eigenvalue weighted by Crippen LogP contribution is 2.23. The topological polar surface area (TPSA) is 100 Å². The van der Waals surface area contributed by atoms with Crippen molar-refractivity contribution in [2.75, 3.05) is 12.4 Å². The standard InChI is InChI=1S/C18H18ClN5O4/c1-3-23-10-14(16(22-23)18(26)27-2)20-17(25)13-8-9-24(21-13)11-28-15-7-5-4-6-12(15)19/h4-10H,3,11H2,1-2H3,(H,20,25). The van der Waals surface area contributed by atoms with Crippen molar-refractivity contribution in [2.45, 2.75) is 20.2 Å². The molecule has 9 nitrogen and oxygen atoms in total. The molecule has 3 rings (SSSR count). The number of carbonyl (C=O) groups is 2. The third-order valence-electron chi connectivity index (χ3n) is 3.77. The second-order valence-electron chi connectivity index (χ2n) is 5.64. The van der Waals surface area contributed by atoms with Crippen LogP contribution < -0.4 is 10.1 Å². The molecule has 0 aliphatic rings. The molecular formula is C18H18ClN5O4. The summed E-state index contributed by atoms with van der Waals surface area (Å²) in [5.74, 6) is -0.612. The van der Waals surface area contributed by atoms with Crippen molar-refractivity contribution in [1.29, 1.82) is 0 Å². The van der Waals surface area contributed by atoms with Gasteiger partial charge in [0.1, 0.15) is 5.75 Å². The zero-order chi connectivity index (χ0) is 20.1. The van der Waals surface area contributed by atoms with E-state index in [1.165, 1.54) is 22.5 Å². The van der Waals surface area contributed by atoms with Gasteiger partial charge in [0.2, 0.25) is 0 Å². The number of hydrogen-bond acceptors (Lipinski definition) is 6. The van der Waals surface area contributed by atoms with Crippen LogP contribution in [0.3, 0.4) is 0 Å². The fourth-order valence-electron chi connectivity index (χ4n) is 2.36. The molecule has 146 valence electrons. The summed E-state index contributed by atoms with van der Waals surface area (Å²) in [6.07, 6.45) is 3.16. The number of ether oxygens (including phenoxy) is 2. The molecule has 1 aromatic carbocycles. The van der Waals surface area contributed by atoms with Gasteiger partial charge in [-0.05, 0) is 25.1 Å². The summed E-state index contributed by atoms with van der Waals surface area (Å²) < 4.78 is 13.3. The summed E-state index contributed by atoms with van der Waals surface area (Å²) in [6, 6.07) is 8.59. The number of esters is 1. The quantitative estimate of drug-likeness (QED) is 0.609. The second kappa shape index (κ2) is 8.57.